The normalized spacial score (nSPS) is 33.3. The molecular weight excluding hydrogens is 176 g/mol. The van der Waals surface area contributed by atoms with Crippen molar-refractivity contribution in [1.29, 1.82) is 0 Å². The Balaban J connectivity index is 2.58. The maximum atomic E-state index is 10.7. The molecule has 0 spiro atoms. The second-order valence-electron chi connectivity index (χ2n) is 5.18. The lowest BCUT2D eigenvalue weighted by Gasteiger charge is -2.36. The van der Waals surface area contributed by atoms with Crippen LogP contribution in [0.25, 0.3) is 0 Å². The first-order valence-electron chi connectivity index (χ1n) is 5.72. The summed E-state index contributed by atoms with van der Waals surface area (Å²) in [4.78, 5) is 10.7. The fourth-order valence-electron chi connectivity index (χ4n) is 2.86. The third-order valence-electron chi connectivity index (χ3n) is 3.60. The number of aliphatic carboxylic acids is 1. The molecular formula is C12H22O2. The van der Waals surface area contributed by atoms with Crippen molar-refractivity contribution < 1.29 is 9.90 Å². The van der Waals surface area contributed by atoms with E-state index in [1.165, 1.54) is 12.8 Å². The van der Waals surface area contributed by atoms with Gasteiger partial charge in [-0.05, 0) is 36.5 Å². The Morgan fingerprint density at radius 2 is 2.07 bits per heavy atom. The summed E-state index contributed by atoms with van der Waals surface area (Å²) < 4.78 is 0. The Bertz CT molecular complexity index is 198. The molecule has 0 aliphatic heterocycles. The van der Waals surface area contributed by atoms with Crippen molar-refractivity contribution in [3.05, 3.63) is 0 Å². The molecule has 82 valence electrons. The molecule has 1 saturated carbocycles. The maximum absolute atomic E-state index is 10.7. The molecule has 0 aromatic rings. The van der Waals surface area contributed by atoms with E-state index in [0.717, 1.165) is 6.42 Å². The van der Waals surface area contributed by atoms with Gasteiger partial charge in [-0.15, -0.1) is 0 Å². The van der Waals surface area contributed by atoms with Crippen LogP contribution in [0.5, 0.6) is 0 Å². The number of carboxylic acid groups (broad SMARTS) is 1. The molecule has 1 aliphatic carbocycles. The molecule has 0 aromatic carbocycles. The van der Waals surface area contributed by atoms with Crippen LogP contribution < -0.4 is 0 Å². The van der Waals surface area contributed by atoms with Crippen molar-refractivity contribution in [1.82, 2.24) is 0 Å². The predicted octanol–water partition coefficient (Wildman–Crippen LogP) is 3.17. The zero-order valence-corrected chi connectivity index (χ0v) is 9.49. The van der Waals surface area contributed by atoms with Crippen LogP contribution in [-0.2, 0) is 4.79 Å². The lowest BCUT2D eigenvalue weighted by Crippen LogP contribution is -2.29. The van der Waals surface area contributed by atoms with Gasteiger partial charge in [0, 0.05) is 6.42 Å². The van der Waals surface area contributed by atoms with E-state index in [2.05, 4.69) is 20.8 Å². The van der Waals surface area contributed by atoms with Crippen LogP contribution in [0.4, 0.5) is 0 Å². The minimum atomic E-state index is -0.630. The molecule has 0 saturated heterocycles. The van der Waals surface area contributed by atoms with Gasteiger partial charge in [0.15, 0.2) is 0 Å². The Hall–Kier alpha value is -0.530. The average Bonchev–Trinajstić information content (AvgIpc) is 2.01. The van der Waals surface area contributed by atoms with E-state index in [-0.39, 0.29) is 0 Å². The molecule has 1 N–H and O–H groups in total. The molecule has 0 bridgehead atoms. The van der Waals surface area contributed by atoms with Gasteiger partial charge in [0.25, 0.3) is 0 Å². The van der Waals surface area contributed by atoms with Crippen molar-refractivity contribution in [2.24, 2.45) is 23.7 Å². The van der Waals surface area contributed by atoms with E-state index in [0.29, 0.717) is 30.1 Å². The number of hydrogen-bond donors (Lipinski definition) is 1. The first-order chi connectivity index (χ1) is 6.50. The smallest absolute Gasteiger partial charge is 0.303 e. The van der Waals surface area contributed by atoms with Gasteiger partial charge in [-0.25, -0.2) is 0 Å². The summed E-state index contributed by atoms with van der Waals surface area (Å²) in [6, 6.07) is 0. The molecule has 0 amide bonds. The van der Waals surface area contributed by atoms with Crippen molar-refractivity contribution in [3.63, 3.8) is 0 Å². The molecule has 1 fully saturated rings. The van der Waals surface area contributed by atoms with Gasteiger partial charge in [0.05, 0.1) is 0 Å². The standard InChI is InChI=1S/C12H22O2/c1-8(2)11-5-4-9(3)6-10(11)7-12(13)14/h8-11H,4-7H2,1-3H3,(H,13,14)/t9-,10?,11?/m1/s1. The summed E-state index contributed by atoms with van der Waals surface area (Å²) in [5.74, 6) is 1.76. The molecule has 2 heteroatoms. The Kier molecular flexibility index (Phi) is 3.97. The summed E-state index contributed by atoms with van der Waals surface area (Å²) in [5, 5.41) is 8.85. The minimum absolute atomic E-state index is 0.368. The molecule has 0 heterocycles. The molecule has 0 radical (unpaired) electrons. The molecule has 14 heavy (non-hydrogen) atoms. The second kappa shape index (κ2) is 4.81. The van der Waals surface area contributed by atoms with Gasteiger partial charge < -0.3 is 5.11 Å². The fraction of sp³-hybridized carbons (Fsp3) is 0.917. The summed E-state index contributed by atoms with van der Waals surface area (Å²) in [5.41, 5.74) is 0. The van der Waals surface area contributed by atoms with Gasteiger partial charge in [-0.2, -0.15) is 0 Å². The van der Waals surface area contributed by atoms with Crippen molar-refractivity contribution in [2.75, 3.05) is 0 Å². The van der Waals surface area contributed by atoms with Crippen molar-refractivity contribution >= 4 is 5.97 Å². The third-order valence-corrected chi connectivity index (χ3v) is 3.60. The first kappa shape index (κ1) is 11.5. The van der Waals surface area contributed by atoms with Gasteiger partial charge in [-0.3, -0.25) is 4.79 Å². The number of carbonyl (C=O) groups is 1. The van der Waals surface area contributed by atoms with Crippen LogP contribution in [0.2, 0.25) is 0 Å². The highest BCUT2D eigenvalue weighted by molar-refractivity contribution is 5.67. The largest absolute Gasteiger partial charge is 0.481 e. The molecule has 3 atom stereocenters. The van der Waals surface area contributed by atoms with E-state index < -0.39 is 5.97 Å². The molecule has 0 aromatic heterocycles. The Morgan fingerprint density at radius 1 is 1.43 bits per heavy atom. The topological polar surface area (TPSA) is 37.3 Å². The minimum Gasteiger partial charge on any atom is -0.481 e. The lowest BCUT2D eigenvalue weighted by molar-refractivity contribution is -0.139. The first-order valence-corrected chi connectivity index (χ1v) is 5.72. The number of carboxylic acids is 1. The van der Waals surface area contributed by atoms with E-state index in [1.54, 1.807) is 0 Å². The van der Waals surface area contributed by atoms with Crippen LogP contribution in [0.15, 0.2) is 0 Å². The van der Waals surface area contributed by atoms with Crippen molar-refractivity contribution in [2.45, 2.75) is 46.5 Å². The van der Waals surface area contributed by atoms with E-state index in [1.807, 2.05) is 0 Å². The summed E-state index contributed by atoms with van der Waals surface area (Å²) >= 11 is 0. The van der Waals surface area contributed by atoms with Crippen molar-refractivity contribution in [3.8, 4) is 0 Å². The lowest BCUT2D eigenvalue weighted by atomic mass is 9.69. The molecule has 2 nitrogen and oxygen atoms in total. The summed E-state index contributed by atoms with van der Waals surface area (Å²) in [6.07, 6.45) is 3.97. The van der Waals surface area contributed by atoms with E-state index in [9.17, 15) is 4.79 Å². The van der Waals surface area contributed by atoms with Crippen LogP contribution >= 0.6 is 0 Å². The van der Waals surface area contributed by atoms with E-state index in [4.69, 9.17) is 5.11 Å². The molecule has 1 rings (SSSR count). The predicted molar refractivity (Wildman–Crippen MR) is 57.1 cm³/mol. The SMILES string of the molecule is CC(C)C1CC[C@@H](C)CC1CC(=O)O. The number of rotatable bonds is 3. The third kappa shape index (κ3) is 3.00. The van der Waals surface area contributed by atoms with Crippen LogP contribution in [0.1, 0.15) is 46.5 Å². The zero-order valence-electron chi connectivity index (χ0n) is 9.49. The monoisotopic (exact) mass is 198 g/mol. The molecule has 2 unspecified atom stereocenters. The van der Waals surface area contributed by atoms with E-state index >= 15 is 0 Å². The Labute approximate surface area is 86.7 Å². The highest BCUT2D eigenvalue weighted by atomic mass is 16.4. The van der Waals surface area contributed by atoms with Gasteiger partial charge in [0.2, 0.25) is 0 Å². The zero-order chi connectivity index (χ0) is 10.7. The van der Waals surface area contributed by atoms with Crippen LogP contribution in [-0.4, -0.2) is 11.1 Å². The van der Waals surface area contributed by atoms with Gasteiger partial charge in [0.1, 0.15) is 0 Å². The highest BCUT2D eigenvalue weighted by Crippen LogP contribution is 2.39. The summed E-state index contributed by atoms with van der Waals surface area (Å²) in [7, 11) is 0. The second-order valence-corrected chi connectivity index (χ2v) is 5.18. The molecule has 1 aliphatic rings. The van der Waals surface area contributed by atoms with Crippen LogP contribution in [0.3, 0.4) is 0 Å². The summed E-state index contributed by atoms with van der Waals surface area (Å²) in [6.45, 7) is 6.68. The fourth-order valence-corrected chi connectivity index (χ4v) is 2.86. The van der Waals surface area contributed by atoms with Gasteiger partial charge >= 0.3 is 5.97 Å². The maximum Gasteiger partial charge on any atom is 0.303 e. The van der Waals surface area contributed by atoms with Gasteiger partial charge in [-0.1, -0.05) is 27.2 Å². The van der Waals surface area contributed by atoms with Crippen LogP contribution in [0, 0.1) is 23.7 Å². The number of hydrogen-bond acceptors (Lipinski definition) is 1. The highest BCUT2D eigenvalue weighted by Gasteiger charge is 2.31. The Morgan fingerprint density at radius 3 is 2.57 bits per heavy atom. The average molecular weight is 198 g/mol. The quantitative estimate of drug-likeness (QED) is 0.756.